The molecule has 1 aliphatic rings. The third kappa shape index (κ3) is 3.22. The molecule has 1 aliphatic heterocycles. The second kappa shape index (κ2) is 5.09. The van der Waals surface area contributed by atoms with Crippen LogP contribution in [0.4, 0.5) is 0 Å². The molecule has 0 aliphatic carbocycles. The van der Waals surface area contributed by atoms with Crippen molar-refractivity contribution in [1.82, 2.24) is 5.32 Å². The maximum absolute atomic E-state index is 6.15. The molecule has 1 saturated heterocycles. The van der Waals surface area contributed by atoms with Crippen molar-refractivity contribution in [3.63, 3.8) is 0 Å². The van der Waals surface area contributed by atoms with Crippen molar-refractivity contribution in [1.29, 1.82) is 0 Å². The van der Waals surface area contributed by atoms with Crippen LogP contribution in [-0.4, -0.2) is 19.2 Å². The lowest BCUT2D eigenvalue weighted by Gasteiger charge is -2.28. The maximum atomic E-state index is 6.15. The third-order valence-corrected chi connectivity index (χ3v) is 3.24. The standard InChI is InChI=1S/C15H23NO/c1-15(2,3)13-8-4-5-9-14(13)17-12-7-6-10-16-11-12/h4-5,8-9,12,16H,6-7,10-11H2,1-3H3. The van der Waals surface area contributed by atoms with Crippen LogP contribution in [0.25, 0.3) is 0 Å². The van der Waals surface area contributed by atoms with Gasteiger partial charge in [-0.05, 0) is 36.4 Å². The lowest BCUT2D eigenvalue weighted by Crippen LogP contribution is -2.37. The van der Waals surface area contributed by atoms with Crippen molar-refractivity contribution < 1.29 is 4.74 Å². The number of piperidine rings is 1. The van der Waals surface area contributed by atoms with Crippen LogP contribution in [-0.2, 0) is 5.41 Å². The van der Waals surface area contributed by atoms with E-state index in [-0.39, 0.29) is 5.41 Å². The summed E-state index contributed by atoms with van der Waals surface area (Å²) < 4.78 is 6.15. The van der Waals surface area contributed by atoms with E-state index in [9.17, 15) is 0 Å². The van der Waals surface area contributed by atoms with E-state index >= 15 is 0 Å². The van der Waals surface area contributed by atoms with E-state index in [1.807, 2.05) is 0 Å². The van der Waals surface area contributed by atoms with Crippen LogP contribution in [0.15, 0.2) is 24.3 Å². The Bertz CT molecular complexity index is 361. The van der Waals surface area contributed by atoms with E-state index < -0.39 is 0 Å². The van der Waals surface area contributed by atoms with E-state index in [0.29, 0.717) is 6.10 Å². The van der Waals surface area contributed by atoms with Gasteiger partial charge in [0.2, 0.25) is 0 Å². The lowest BCUT2D eigenvalue weighted by molar-refractivity contribution is 0.164. The first-order chi connectivity index (χ1) is 8.07. The summed E-state index contributed by atoms with van der Waals surface area (Å²) in [5, 5.41) is 3.39. The second-order valence-corrected chi connectivity index (χ2v) is 5.83. The predicted molar refractivity (Wildman–Crippen MR) is 71.7 cm³/mol. The fraction of sp³-hybridized carbons (Fsp3) is 0.600. The molecule has 2 nitrogen and oxygen atoms in total. The number of nitrogens with one attached hydrogen (secondary N) is 1. The number of hydrogen-bond donors (Lipinski definition) is 1. The number of rotatable bonds is 2. The summed E-state index contributed by atoms with van der Waals surface area (Å²) >= 11 is 0. The van der Waals surface area contributed by atoms with Gasteiger partial charge in [-0.1, -0.05) is 39.0 Å². The van der Waals surface area contributed by atoms with Crippen LogP contribution in [0.1, 0.15) is 39.2 Å². The zero-order chi connectivity index (χ0) is 12.3. The highest BCUT2D eigenvalue weighted by Gasteiger charge is 2.21. The molecule has 0 saturated carbocycles. The minimum Gasteiger partial charge on any atom is -0.489 e. The fourth-order valence-electron chi connectivity index (χ4n) is 2.29. The van der Waals surface area contributed by atoms with Gasteiger partial charge in [0.15, 0.2) is 0 Å². The molecule has 2 heteroatoms. The van der Waals surface area contributed by atoms with E-state index in [2.05, 4.69) is 50.4 Å². The molecule has 1 atom stereocenters. The Kier molecular flexibility index (Phi) is 3.72. The van der Waals surface area contributed by atoms with Crippen molar-refractivity contribution in [2.24, 2.45) is 0 Å². The maximum Gasteiger partial charge on any atom is 0.123 e. The van der Waals surface area contributed by atoms with Crippen LogP contribution in [0.5, 0.6) is 5.75 Å². The smallest absolute Gasteiger partial charge is 0.123 e. The molecule has 1 unspecified atom stereocenters. The van der Waals surface area contributed by atoms with Crippen molar-refractivity contribution in [3.8, 4) is 5.75 Å². The first-order valence-corrected chi connectivity index (χ1v) is 6.54. The molecule has 17 heavy (non-hydrogen) atoms. The summed E-state index contributed by atoms with van der Waals surface area (Å²) in [5.41, 5.74) is 1.43. The van der Waals surface area contributed by atoms with Gasteiger partial charge >= 0.3 is 0 Å². The van der Waals surface area contributed by atoms with Crippen molar-refractivity contribution in [3.05, 3.63) is 29.8 Å². The van der Waals surface area contributed by atoms with Gasteiger partial charge in [-0.3, -0.25) is 0 Å². The number of ether oxygens (including phenoxy) is 1. The molecule has 1 aromatic carbocycles. The number of para-hydroxylation sites is 1. The minimum absolute atomic E-state index is 0.138. The summed E-state index contributed by atoms with van der Waals surface area (Å²) in [7, 11) is 0. The van der Waals surface area contributed by atoms with Gasteiger partial charge in [0, 0.05) is 6.54 Å². The summed E-state index contributed by atoms with van der Waals surface area (Å²) in [6.07, 6.45) is 2.70. The molecule has 0 bridgehead atoms. The Morgan fingerprint density at radius 1 is 1.24 bits per heavy atom. The Hall–Kier alpha value is -1.02. The lowest BCUT2D eigenvalue weighted by atomic mass is 9.86. The van der Waals surface area contributed by atoms with Crippen molar-refractivity contribution in [2.75, 3.05) is 13.1 Å². The van der Waals surface area contributed by atoms with Gasteiger partial charge < -0.3 is 10.1 Å². The van der Waals surface area contributed by atoms with Gasteiger partial charge in [-0.15, -0.1) is 0 Å². The normalized spacial score (nSPS) is 21.2. The highest BCUT2D eigenvalue weighted by molar-refractivity contribution is 5.38. The van der Waals surface area contributed by atoms with E-state index in [0.717, 1.165) is 25.3 Å². The topological polar surface area (TPSA) is 21.3 Å². The number of benzene rings is 1. The average Bonchev–Trinajstić information content (AvgIpc) is 2.30. The molecular formula is C15H23NO. The van der Waals surface area contributed by atoms with Crippen LogP contribution in [0, 0.1) is 0 Å². The monoisotopic (exact) mass is 233 g/mol. The average molecular weight is 233 g/mol. The molecule has 1 N–H and O–H groups in total. The van der Waals surface area contributed by atoms with Gasteiger partial charge in [0.05, 0.1) is 0 Å². The van der Waals surface area contributed by atoms with Crippen LogP contribution >= 0.6 is 0 Å². The van der Waals surface area contributed by atoms with E-state index in [1.54, 1.807) is 0 Å². The Morgan fingerprint density at radius 2 is 2.00 bits per heavy atom. The predicted octanol–water partition coefficient (Wildman–Crippen LogP) is 3.11. The summed E-state index contributed by atoms with van der Waals surface area (Å²) in [5.74, 6) is 1.05. The Balaban J connectivity index is 2.14. The van der Waals surface area contributed by atoms with Crippen LogP contribution in [0.3, 0.4) is 0 Å². The van der Waals surface area contributed by atoms with Gasteiger partial charge in [0.1, 0.15) is 11.9 Å². The summed E-state index contributed by atoms with van der Waals surface area (Å²) in [6, 6.07) is 8.41. The molecular weight excluding hydrogens is 210 g/mol. The van der Waals surface area contributed by atoms with Gasteiger partial charge in [0.25, 0.3) is 0 Å². The molecule has 0 radical (unpaired) electrons. The van der Waals surface area contributed by atoms with Crippen LogP contribution < -0.4 is 10.1 Å². The van der Waals surface area contributed by atoms with E-state index in [1.165, 1.54) is 12.0 Å². The summed E-state index contributed by atoms with van der Waals surface area (Å²) in [4.78, 5) is 0. The zero-order valence-electron chi connectivity index (χ0n) is 11.1. The minimum atomic E-state index is 0.138. The first-order valence-electron chi connectivity index (χ1n) is 6.54. The molecule has 0 amide bonds. The molecule has 2 rings (SSSR count). The van der Waals surface area contributed by atoms with Gasteiger partial charge in [-0.25, -0.2) is 0 Å². The fourth-order valence-corrected chi connectivity index (χ4v) is 2.29. The zero-order valence-corrected chi connectivity index (χ0v) is 11.1. The molecule has 0 aromatic heterocycles. The van der Waals surface area contributed by atoms with Crippen molar-refractivity contribution >= 4 is 0 Å². The van der Waals surface area contributed by atoms with Gasteiger partial charge in [-0.2, -0.15) is 0 Å². The molecule has 1 aromatic rings. The molecule has 1 heterocycles. The third-order valence-electron chi connectivity index (χ3n) is 3.24. The van der Waals surface area contributed by atoms with E-state index in [4.69, 9.17) is 4.74 Å². The first kappa shape index (κ1) is 12.4. The quantitative estimate of drug-likeness (QED) is 0.847. The molecule has 94 valence electrons. The Morgan fingerprint density at radius 3 is 2.65 bits per heavy atom. The SMILES string of the molecule is CC(C)(C)c1ccccc1OC1CCCNC1. The van der Waals surface area contributed by atoms with Crippen LogP contribution in [0.2, 0.25) is 0 Å². The largest absolute Gasteiger partial charge is 0.489 e. The highest BCUT2D eigenvalue weighted by atomic mass is 16.5. The Labute approximate surface area is 104 Å². The molecule has 1 fully saturated rings. The highest BCUT2D eigenvalue weighted by Crippen LogP contribution is 2.32. The molecule has 0 spiro atoms. The number of hydrogen-bond acceptors (Lipinski definition) is 2. The second-order valence-electron chi connectivity index (χ2n) is 5.83. The van der Waals surface area contributed by atoms with Crippen molar-refractivity contribution in [2.45, 2.75) is 45.1 Å². The summed E-state index contributed by atoms with van der Waals surface area (Å²) in [6.45, 7) is 8.79.